The van der Waals surface area contributed by atoms with Gasteiger partial charge in [0.25, 0.3) is 0 Å². The second kappa shape index (κ2) is 7.96. The van der Waals surface area contributed by atoms with Gasteiger partial charge in [-0.2, -0.15) is 0 Å². The summed E-state index contributed by atoms with van der Waals surface area (Å²) in [5, 5.41) is 0. The molecule has 0 bridgehead atoms. The van der Waals surface area contributed by atoms with E-state index in [1.54, 1.807) is 14.2 Å². The van der Waals surface area contributed by atoms with Crippen LogP contribution in [0.3, 0.4) is 0 Å². The van der Waals surface area contributed by atoms with Crippen molar-refractivity contribution in [2.24, 2.45) is 0 Å². The molecule has 31 heavy (non-hydrogen) atoms. The van der Waals surface area contributed by atoms with E-state index in [1.165, 1.54) is 11.1 Å². The molecule has 0 saturated carbocycles. The number of ether oxygens (including phenoxy) is 2. The van der Waals surface area contributed by atoms with Crippen molar-refractivity contribution < 1.29 is 9.47 Å². The molecule has 0 fully saturated rings. The molecule has 0 atom stereocenters. The van der Waals surface area contributed by atoms with Gasteiger partial charge in [0.05, 0.1) is 25.6 Å². The van der Waals surface area contributed by atoms with Crippen LogP contribution >= 0.6 is 0 Å². The van der Waals surface area contributed by atoms with Crippen LogP contribution < -0.4 is 15.2 Å². The van der Waals surface area contributed by atoms with Crippen molar-refractivity contribution in [3.05, 3.63) is 77.6 Å². The number of benzene rings is 2. The highest BCUT2D eigenvalue weighted by Crippen LogP contribution is 2.36. The molecule has 2 N–H and O–H groups in total. The molecule has 0 unspecified atom stereocenters. The van der Waals surface area contributed by atoms with Gasteiger partial charge in [-0.05, 0) is 47.9 Å². The summed E-state index contributed by atoms with van der Waals surface area (Å²) in [6.45, 7) is 2.68. The molecule has 2 aromatic carbocycles. The lowest BCUT2D eigenvalue weighted by Gasteiger charge is -2.29. The smallest absolute Gasteiger partial charge is 0.137 e. The Balaban J connectivity index is 1.61. The average Bonchev–Trinajstić information content (AvgIpc) is 3.15. The first-order valence-corrected chi connectivity index (χ1v) is 10.4. The number of rotatable bonds is 5. The van der Waals surface area contributed by atoms with E-state index in [9.17, 15) is 0 Å². The summed E-state index contributed by atoms with van der Waals surface area (Å²) >= 11 is 0. The Labute approximate surface area is 181 Å². The standard InChI is InChI=1S/C25H26N4O2/c1-30-20-8-9-23(31-2)21(13-20)25-22(29-15-19(26)7-10-24(29)27-25)16-28-12-11-17-5-3-4-6-18(17)14-28/h3-10,13,15H,11-12,14,16,26H2,1-2H3. The van der Waals surface area contributed by atoms with Gasteiger partial charge in [0.2, 0.25) is 0 Å². The van der Waals surface area contributed by atoms with E-state index < -0.39 is 0 Å². The van der Waals surface area contributed by atoms with E-state index >= 15 is 0 Å². The molecule has 0 aliphatic carbocycles. The van der Waals surface area contributed by atoms with Gasteiger partial charge in [-0.25, -0.2) is 4.98 Å². The number of nitrogens with two attached hydrogens (primary N) is 1. The lowest BCUT2D eigenvalue weighted by molar-refractivity contribution is 0.242. The normalized spacial score (nSPS) is 13.9. The van der Waals surface area contributed by atoms with Gasteiger partial charge in [-0.1, -0.05) is 24.3 Å². The third-order valence-corrected chi connectivity index (χ3v) is 5.99. The maximum Gasteiger partial charge on any atom is 0.137 e. The Bertz CT molecular complexity index is 1250. The van der Waals surface area contributed by atoms with Gasteiger partial charge >= 0.3 is 0 Å². The molecule has 2 aromatic heterocycles. The van der Waals surface area contributed by atoms with Crippen molar-refractivity contribution in [2.75, 3.05) is 26.5 Å². The molecule has 6 nitrogen and oxygen atoms in total. The van der Waals surface area contributed by atoms with E-state index in [2.05, 4.69) is 33.6 Å². The van der Waals surface area contributed by atoms with E-state index in [0.717, 1.165) is 60.2 Å². The third-order valence-electron chi connectivity index (χ3n) is 5.99. The Morgan fingerprint density at radius 1 is 1.00 bits per heavy atom. The first kappa shape index (κ1) is 19.5. The molecular formula is C25H26N4O2. The van der Waals surface area contributed by atoms with Crippen LogP contribution in [0.25, 0.3) is 16.9 Å². The van der Waals surface area contributed by atoms with Gasteiger partial charge in [-0.15, -0.1) is 0 Å². The number of aromatic nitrogens is 2. The maximum absolute atomic E-state index is 6.13. The summed E-state index contributed by atoms with van der Waals surface area (Å²) < 4.78 is 13.2. The van der Waals surface area contributed by atoms with Crippen molar-refractivity contribution in [1.29, 1.82) is 0 Å². The van der Waals surface area contributed by atoms with E-state index in [1.807, 2.05) is 36.5 Å². The highest BCUT2D eigenvalue weighted by Gasteiger charge is 2.23. The molecule has 0 radical (unpaired) electrons. The van der Waals surface area contributed by atoms with Crippen LogP contribution in [0, 0.1) is 0 Å². The van der Waals surface area contributed by atoms with Crippen molar-refractivity contribution >= 4 is 11.3 Å². The monoisotopic (exact) mass is 414 g/mol. The number of hydrogen-bond acceptors (Lipinski definition) is 5. The molecule has 3 heterocycles. The lowest BCUT2D eigenvalue weighted by atomic mass is 9.99. The molecule has 0 amide bonds. The first-order valence-electron chi connectivity index (χ1n) is 10.4. The SMILES string of the molecule is COc1ccc(OC)c(-c2nc3ccc(N)cn3c2CN2CCc3ccccc3C2)c1. The number of hydrogen-bond donors (Lipinski definition) is 1. The summed E-state index contributed by atoms with van der Waals surface area (Å²) in [5.74, 6) is 1.53. The van der Waals surface area contributed by atoms with E-state index in [-0.39, 0.29) is 0 Å². The number of imidazole rings is 1. The van der Waals surface area contributed by atoms with Crippen LogP contribution in [0.4, 0.5) is 5.69 Å². The summed E-state index contributed by atoms with van der Waals surface area (Å²) in [7, 11) is 3.35. The summed E-state index contributed by atoms with van der Waals surface area (Å²) in [6, 6.07) is 18.3. The zero-order valence-corrected chi connectivity index (χ0v) is 17.8. The van der Waals surface area contributed by atoms with Crippen LogP contribution in [0.1, 0.15) is 16.8 Å². The number of fused-ring (bicyclic) bond motifs is 2. The second-order valence-corrected chi connectivity index (χ2v) is 7.89. The zero-order valence-electron chi connectivity index (χ0n) is 17.8. The van der Waals surface area contributed by atoms with Gasteiger partial charge in [0.1, 0.15) is 17.1 Å². The lowest BCUT2D eigenvalue weighted by Crippen LogP contribution is -2.30. The summed E-state index contributed by atoms with van der Waals surface area (Å²) in [5.41, 5.74) is 13.4. The van der Waals surface area contributed by atoms with Crippen LogP contribution in [0.5, 0.6) is 11.5 Å². The topological polar surface area (TPSA) is 65.0 Å². The fraction of sp³-hybridized carbons (Fsp3) is 0.240. The van der Waals surface area contributed by atoms with Gasteiger partial charge in [0, 0.05) is 37.1 Å². The molecule has 1 aliphatic rings. The predicted molar refractivity (Wildman–Crippen MR) is 122 cm³/mol. The fourth-order valence-electron chi connectivity index (χ4n) is 4.38. The highest BCUT2D eigenvalue weighted by atomic mass is 16.5. The number of nitrogen functional groups attached to an aromatic ring is 1. The number of methoxy groups -OCH3 is 2. The van der Waals surface area contributed by atoms with Crippen LogP contribution in [-0.4, -0.2) is 35.0 Å². The molecule has 4 aromatic rings. The highest BCUT2D eigenvalue weighted by molar-refractivity contribution is 5.74. The average molecular weight is 415 g/mol. The molecule has 158 valence electrons. The van der Waals surface area contributed by atoms with Crippen LogP contribution in [0.15, 0.2) is 60.8 Å². The van der Waals surface area contributed by atoms with Gasteiger partial charge in [0.15, 0.2) is 0 Å². The quantitative estimate of drug-likeness (QED) is 0.531. The Morgan fingerprint density at radius 2 is 1.84 bits per heavy atom. The minimum atomic E-state index is 0.708. The van der Waals surface area contributed by atoms with Crippen molar-refractivity contribution in [3.8, 4) is 22.8 Å². The van der Waals surface area contributed by atoms with Crippen LogP contribution in [0.2, 0.25) is 0 Å². The Hall–Kier alpha value is -3.51. The van der Waals surface area contributed by atoms with Crippen LogP contribution in [-0.2, 0) is 19.5 Å². The van der Waals surface area contributed by atoms with Crippen molar-refractivity contribution in [3.63, 3.8) is 0 Å². The number of nitrogens with zero attached hydrogens (tertiary/aromatic N) is 3. The second-order valence-electron chi connectivity index (χ2n) is 7.89. The molecule has 0 spiro atoms. The predicted octanol–water partition coefficient (Wildman–Crippen LogP) is 4.16. The number of pyridine rings is 1. The Morgan fingerprint density at radius 3 is 2.65 bits per heavy atom. The zero-order chi connectivity index (χ0) is 21.4. The molecule has 5 rings (SSSR count). The van der Waals surface area contributed by atoms with Crippen molar-refractivity contribution in [1.82, 2.24) is 14.3 Å². The largest absolute Gasteiger partial charge is 0.497 e. The van der Waals surface area contributed by atoms with Gasteiger partial charge < -0.3 is 19.6 Å². The number of anilines is 1. The molecule has 6 heteroatoms. The van der Waals surface area contributed by atoms with E-state index in [0.29, 0.717) is 5.69 Å². The third kappa shape index (κ3) is 3.59. The van der Waals surface area contributed by atoms with E-state index in [4.69, 9.17) is 20.2 Å². The van der Waals surface area contributed by atoms with Gasteiger partial charge in [-0.3, -0.25) is 4.90 Å². The minimum Gasteiger partial charge on any atom is -0.497 e. The molecule has 1 aliphatic heterocycles. The fourth-order valence-corrected chi connectivity index (χ4v) is 4.38. The minimum absolute atomic E-state index is 0.708. The van der Waals surface area contributed by atoms with Crippen molar-refractivity contribution in [2.45, 2.75) is 19.5 Å². The maximum atomic E-state index is 6.13. The first-order chi connectivity index (χ1) is 15.2. The summed E-state index contributed by atoms with van der Waals surface area (Å²) in [4.78, 5) is 7.43. The molecule has 0 saturated heterocycles. The summed E-state index contributed by atoms with van der Waals surface area (Å²) in [6.07, 6.45) is 3.00. The molecular weight excluding hydrogens is 388 g/mol. The Kier molecular flexibility index (Phi) is 5.00.